The van der Waals surface area contributed by atoms with Crippen molar-refractivity contribution in [2.24, 2.45) is 0 Å². The van der Waals surface area contributed by atoms with Crippen LogP contribution in [0.5, 0.6) is 17.2 Å². The van der Waals surface area contributed by atoms with Gasteiger partial charge in [-0.25, -0.2) is 8.42 Å². The molecule has 0 spiro atoms. The summed E-state index contributed by atoms with van der Waals surface area (Å²) >= 11 is 0. The number of nitrogens with one attached hydrogen (secondary N) is 1. The predicted octanol–water partition coefficient (Wildman–Crippen LogP) is 1.61. The number of ether oxygens (including phenoxy) is 3. The van der Waals surface area contributed by atoms with Crippen LogP contribution in [0, 0.1) is 0 Å². The molecule has 0 saturated carbocycles. The molecule has 9 nitrogen and oxygen atoms in total. The van der Waals surface area contributed by atoms with Crippen molar-refractivity contribution in [1.29, 1.82) is 0 Å². The van der Waals surface area contributed by atoms with Crippen molar-refractivity contribution >= 4 is 15.9 Å². The number of benzene rings is 2. The number of carbonyl (C=O) groups excluding carboxylic acids is 1. The highest BCUT2D eigenvalue weighted by Crippen LogP contribution is 2.35. The Morgan fingerprint density at radius 3 is 2.52 bits per heavy atom. The molecule has 1 aliphatic rings. The smallest absolute Gasteiger partial charge is 0.251 e. The van der Waals surface area contributed by atoms with Crippen LogP contribution in [0.15, 0.2) is 47.4 Å². The zero-order valence-electron chi connectivity index (χ0n) is 17.6. The van der Waals surface area contributed by atoms with Gasteiger partial charge in [0.15, 0.2) is 11.5 Å². The monoisotopic (exact) mass is 450 g/mol. The number of hydrogen-bond donors (Lipinski definition) is 2. The molecular formula is C21H26N2O7S. The van der Waals surface area contributed by atoms with E-state index in [9.17, 15) is 18.3 Å². The first-order valence-corrected chi connectivity index (χ1v) is 11.2. The molecule has 0 radical (unpaired) electrons. The standard InChI is InChI=1S/C21H26N2O7S/c1-14(2)23(3)31(26,27)18-7-4-15(5-8-18)21(25)22-11-16(24)12-28-17-6-9-19-20(10-17)30-13-29-19/h4-10,14,16,24H,11-13H2,1-3H3,(H,22,25). The van der Waals surface area contributed by atoms with Crippen molar-refractivity contribution in [3.05, 3.63) is 48.0 Å². The van der Waals surface area contributed by atoms with Gasteiger partial charge in [0.25, 0.3) is 5.91 Å². The third kappa shape index (κ3) is 5.46. The summed E-state index contributed by atoms with van der Waals surface area (Å²) in [4.78, 5) is 12.4. The Hall–Kier alpha value is -2.82. The van der Waals surface area contributed by atoms with E-state index in [2.05, 4.69) is 5.32 Å². The zero-order valence-corrected chi connectivity index (χ0v) is 18.4. The number of carbonyl (C=O) groups is 1. The molecule has 2 aromatic rings. The fourth-order valence-corrected chi connectivity index (χ4v) is 4.12. The van der Waals surface area contributed by atoms with Crippen molar-refractivity contribution in [1.82, 2.24) is 9.62 Å². The number of amides is 1. The SMILES string of the molecule is CC(C)N(C)S(=O)(=O)c1ccc(C(=O)NCC(O)COc2ccc3c(c2)OCO3)cc1. The predicted molar refractivity (Wildman–Crippen MR) is 113 cm³/mol. The maximum Gasteiger partial charge on any atom is 0.251 e. The minimum atomic E-state index is -3.62. The van der Waals surface area contributed by atoms with E-state index in [1.165, 1.54) is 35.6 Å². The normalized spacial score (nSPS) is 14.0. The average Bonchev–Trinajstić information content (AvgIpc) is 3.23. The minimum absolute atomic E-state index is 0.0283. The van der Waals surface area contributed by atoms with Gasteiger partial charge in [-0.1, -0.05) is 0 Å². The van der Waals surface area contributed by atoms with Gasteiger partial charge < -0.3 is 24.6 Å². The van der Waals surface area contributed by atoms with Crippen LogP contribution in [-0.4, -0.2) is 62.9 Å². The summed E-state index contributed by atoms with van der Waals surface area (Å²) in [6.07, 6.45) is -0.936. The summed E-state index contributed by atoms with van der Waals surface area (Å²) in [7, 11) is -2.11. The topological polar surface area (TPSA) is 114 Å². The van der Waals surface area contributed by atoms with Crippen LogP contribution >= 0.6 is 0 Å². The van der Waals surface area contributed by atoms with Crippen LogP contribution in [0.4, 0.5) is 0 Å². The third-order valence-corrected chi connectivity index (χ3v) is 6.85. The summed E-state index contributed by atoms with van der Waals surface area (Å²) in [6, 6.07) is 10.6. The van der Waals surface area contributed by atoms with Crippen molar-refractivity contribution in [3.63, 3.8) is 0 Å². The molecule has 0 aliphatic carbocycles. The number of fused-ring (bicyclic) bond motifs is 1. The molecule has 31 heavy (non-hydrogen) atoms. The quantitative estimate of drug-likeness (QED) is 0.597. The van der Waals surface area contributed by atoms with E-state index in [-0.39, 0.29) is 36.4 Å². The molecule has 3 rings (SSSR count). The maximum atomic E-state index is 12.5. The second-order valence-electron chi connectivity index (χ2n) is 7.33. The van der Waals surface area contributed by atoms with Gasteiger partial charge in [0.2, 0.25) is 16.8 Å². The lowest BCUT2D eigenvalue weighted by molar-refractivity contribution is 0.0843. The van der Waals surface area contributed by atoms with E-state index >= 15 is 0 Å². The first kappa shape index (κ1) is 22.9. The van der Waals surface area contributed by atoms with E-state index in [1.54, 1.807) is 32.0 Å². The largest absolute Gasteiger partial charge is 0.491 e. The highest BCUT2D eigenvalue weighted by atomic mass is 32.2. The summed E-state index contributed by atoms with van der Waals surface area (Å²) in [5.41, 5.74) is 0.287. The van der Waals surface area contributed by atoms with Crippen molar-refractivity contribution in [3.8, 4) is 17.2 Å². The molecule has 1 amide bonds. The lowest BCUT2D eigenvalue weighted by Gasteiger charge is -2.21. The van der Waals surface area contributed by atoms with Crippen LogP contribution in [-0.2, 0) is 10.0 Å². The van der Waals surface area contributed by atoms with Crippen LogP contribution < -0.4 is 19.5 Å². The van der Waals surface area contributed by atoms with Gasteiger partial charge >= 0.3 is 0 Å². The average molecular weight is 451 g/mol. The molecule has 0 fully saturated rings. The van der Waals surface area contributed by atoms with Gasteiger partial charge in [0.05, 0.1) is 4.90 Å². The van der Waals surface area contributed by atoms with Crippen molar-refractivity contribution in [2.75, 3.05) is 27.0 Å². The summed E-state index contributed by atoms with van der Waals surface area (Å²) in [5, 5.41) is 12.7. The fourth-order valence-electron chi connectivity index (χ4n) is 2.75. The molecule has 1 heterocycles. The maximum absolute atomic E-state index is 12.5. The van der Waals surface area contributed by atoms with Crippen molar-refractivity contribution in [2.45, 2.75) is 30.9 Å². The first-order chi connectivity index (χ1) is 14.7. The highest BCUT2D eigenvalue weighted by molar-refractivity contribution is 7.89. The summed E-state index contributed by atoms with van der Waals surface area (Å²) < 4.78 is 42.2. The Balaban J connectivity index is 1.50. The molecule has 2 N–H and O–H groups in total. The van der Waals surface area contributed by atoms with Gasteiger partial charge in [-0.2, -0.15) is 4.31 Å². The van der Waals surface area contributed by atoms with Crippen LogP contribution in [0.25, 0.3) is 0 Å². The molecule has 0 bridgehead atoms. The van der Waals surface area contributed by atoms with E-state index in [1.807, 2.05) is 0 Å². The van der Waals surface area contributed by atoms with E-state index in [0.717, 1.165) is 0 Å². The van der Waals surface area contributed by atoms with E-state index in [0.29, 0.717) is 17.2 Å². The Morgan fingerprint density at radius 2 is 1.84 bits per heavy atom. The lowest BCUT2D eigenvalue weighted by Crippen LogP contribution is -2.35. The molecule has 10 heteroatoms. The third-order valence-electron chi connectivity index (χ3n) is 4.81. The molecule has 2 aromatic carbocycles. The van der Waals surface area contributed by atoms with Gasteiger partial charge in [0, 0.05) is 31.3 Å². The number of aliphatic hydroxyl groups excluding tert-OH is 1. The van der Waals surface area contributed by atoms with Gasteiger partial charge in [-0.05, 0) is 50.2 Å². The molecule has 168 valence electrons. The van der Waals surface area contributed by atoms with Crippen molar-refractivity contribution < 1.29 is 32.5 Å². The Labute approximate surface area is 181 Å². The number of sulfonamides is 1. The molecule has 0 saturated heterocycles. The van der Waals surface area contributed by atoms with E-state index in [4.69, 9.17) is 14.2 Å². The van der Waals surface area contributed by atoms with Crippen LogP contribution in [0.2, 0.25) is 0 Å². The number of aliphatic hydroxyl groups is 1. The van der Waals surface area contributed by atoms with Gasteiger partial charge in [-0.15, -0.1) is 0 Å². The Kier molecular flexibility index (Phi) is 7.04. The lowest BCUT2D eigenvalue weighted by atomic mass is 10.2. The van der Waals surface area contributed by atoms with Crippen LogP contribution in [0.1, 0.15) is 24.2 Å². The summed E-state index contributed by atoms with van der Waals surface area (Å²) in [5.74, 6) is 1.29. The summed E-state index contributed by atoms with van der Waals surface area (Å²) in [6.45, 7) is 3.66. The minimum Gasteiger partial charge on any atom is -0.491 e. The Morgan fingerprint density at radius 1 is 1.16 bits per heavy atom. The van der Waals surface area contributed by atoms with Gasteiger partial charge in [-0.3, -0.25) is 4.79 Å². The second-order valence-corrected chi connectivity index (χ2v) is 9.33. The van der Waals surface area contributed by atoms with Crippen LogP contribution in [0.3, 0.4) is 0 Å². The molecule has 0 aromatic heterocycles. The first-order valence-electron chi connectivity index (χ1n) is 9.75. The van der Waals surface area contributed by atoms with Gasteiger partial charge in [0.1, 0.15) is 18.5 Å². The molecule has 1 unspecified atom stereocenters. The zero-order chi connectivity index (χ0) is 22.6. The number of rotatable bonds is 9. The Bertz CT molecular complexity index is 1020. The fraction of sp³-hybridized carbons (Fsp3) is 0.381. The second kappa shape index (κ2) is 9.54. The number of nitrogens with zero attached hydrogens (tertiary/aromatic N) is 1. The molecular weight excluding hydrogens is 424 g/mol. The molecule has 1 atom stereocenters. The molecule has 1 aliphatic heterocycles. The van der Waals surface area contributed by atoms with E-state index < -0.39 is 22.0 Å². The highest BCUT2D eigenvalue weighted by Gasteiger charge is 2.23. The number of hydrogen-bond acceptors (Lipinski definition) is 7.